The van der Waals surface area contributed by atoms with E-state index in [9.17, 15) is 15.2 Å². The lowest BCUT2D eigenvalue weighted by molar-refractivity contribution is -0.383. The van der Waals surface area contributed by atoms with Crippen molar-refractivity contribution in [2.24, 2.45) is 11.8 Å². The third-order valence-corrected chi connectivity index (χ3v) is 6.52. The van der Waals surface area contributed by atoms with Crippen LogP contribution in [-0.4, -0.2) is 40.9 Å². The van der Waals surface area contributed by atoms with Crippen LogP contribution in [0.15, 0.2) is 36.4 Å². The average Bonchev–Trinajstić information content (AvgIpc) is 3.23. The van der Waals surface area contributed by atoms with Gasteiger partial charge in [-0.15, -0.1) is 0 Å². The molecule has 6 heteroatoms. The second kappa shape index (κ2) is 4.93. The third-order valence-electron chi connectivity index (χ3n) is 6.52. The zero-order valence-corrected chi connectivity index (χ0v) is 14.0. The molecule has 5 unspecified atom stereocenters. The molecular formula is C19H20N2O4. The van der Waals surface area contributed by atoms with Gasteiger partial charge in [-0.2, -0.15) is 0 Å². The second-order valence-electron chi connectivity index (χ2n) is 7.67. The molecule has 5 atom stereocenters. The van der Waals surface area contributed by atoms with Gasteiger partial charge in [-0.25, -0.2) is 0 Å². The molecule has 0 spiro atoms. The van der Waals surface area contributed by atoms with Crippen LogP contribution in [0.5, 0.6) is 0 Å². The smallest absolute Gasteiger partial charge is 0.277 e. The number of anilines is 1. The Kier molecular flexibility index (Phi) is 2.98. The molecule has 5 rings (SSSR count). The lowest BCUT2D eigenvalue weighted by Crippen LogP contribution is -2.45. The molecule has 130 valence electrons. The zero-order valence-electron chi connectivity index (χ0n) is 14.0. The number of nitrogens with zero attached hydrogens (tertiary/aromatic N) is 2. The Hall–Kier alpha value is -2.18. The van der Waals surface area contributed by atoms with Crippen molar-refractivity contribution in [3.05, 3.63) is 46.5 Å². The number of aliphatic hydroxyl groups is 1. The van der Waals surface area contributed by atoms with Crippen molar-refractivity contribution in [1.82, 2.24) is 0 Å². The normalized spacial score (nSPS) is 36.2. The van der Waals surface area contributed by atoms with Crippen LogP contribution in [0.1, 0.15) is 13.3 Å². The molecule has 0 aromatic heterocycles. The number of rotatable bonds is 2. The van der Waals surface area contributed by atoms with E-state index in [0.717, 1.165) is 24.2 Å². The SMILES string of the molecule is CC12OC(CC1O)C1CN(c3ccc([N+](=O)[O-])c4ccccc34)CC12. The van der Waals surface area contributed by atoms with E-state index in [4.69, 9.17) is 4.74 Å². The first-order valence-corrected chi connectivity index (χ1v) is 8.76. The largest absolute Gasteiger partial charge is 0.390 e. The number of nitro benzene ring substituents is 1. The fraction of sp³-hybridized carbons (Fsp3) is 0.474. The van der Waals surface area contributed by atoms with Crippen molar-refractivity contribution in [3.63, 3.8) is 0 Å². The summed E-state index contributed by atoms with van der Waals surface area (Å²) in [6.45, 7) is 3.72. The monoisotopic (exact) mass is 340 g/mol. The summed E-state index contributed by atoms with van der Waals surface area (Å²) >= 11 is 0. The van der Waals surface area contributed by atoms with E-state index in [2.05, 4.69) is 4.90 Å². The quantitative estimate of drug-likeness (QED) is 0.672. The summed E-state index contributed by atoms with van der Waals surface area (Å²) in [7, 11) is 0. The molecule has 3 heterocycles. The van der Waals surface area contributed by atoms with Gasteiger partial charge >= 0.3 is 0 Å². The number of non-ortho nitro benzene ring substituents is 1. The van der Waals surface area contributed by atoms with Crippen LogP contribution in [0.4, 0.5) is 11.4 Å². The number of fused-ring (bicyclic) bond motifs is 6. The number of benzene rings is 2. The molecule has 0 amide bonds. The molecule has 3 saturated heterocycles. The molecule has 3 fully saturated rings. The van der Waals surface area contributed by atoms with E-state index in [0.29, 0.717) is 23.6 Å². The lowest BCUT2D eigenvalue weighted by Gasteiger charge is -2.33. The molecule has 0 saturated carbocycles. The summed E-state index contributed by atoms with van der Waals surface area (Å²) in [5.74, 6) is 0.720. The van der Waals surface area contributed by atoms with Crippen LogP contribution in [0, 0.1) is 22.0 Å². The number of hydrogen-bond acceptors (Lipinski definition) is 5. The van der Waals surface area contributed by atoms with Crippen molar-refractivity contribution in [2.75, 3.05) is 18.0 Å². The van der Waals surface area contributed by atoms with Gasteiger partial charge in [0.1, 0.15) is 0 Å². The summed E-state index contributed by atoms with van der Waals surface area (Å²) in [6.07, 6.45) is 0.443. The van der Waals surface area contributed by atoms with Gasteiger partial charge in [0.05, 0.1) is 28.1 Å². The Bertz CT molecular complexity index is 885. The minimum absolute atomic E-state index is 0.124. The fourth-order valence-electron chi connectivity index (χ4n) is 5.21. The summed E-state index contributed by atoms with van der Waals surface area (Å²) < 4.78 is 6.10. The van der Waals surface area contributed by atoms with Crippen LogP contribution < -0.4 is 4.90 Å². The van der Waals surface area contributed by atoms with Crippen molar-refractivity contribution in [3.8, 4) is 0 Å². The highest BCUT2D eigenvalue weighted by Crippen LogP contribution is 2.55. The van der Waals surface area contributed by atoms with Crippen molar-refractivity contribution in [2.45, 2.75) is 31.2 Å². The maximum absolute atomic E-state index is 11.3. The van der Waals surface area contributed by atoms with E-state index in [1.165, 1.54) is 0 Å². The van der Waals surface area contributed by atoms with Crippen LogP contribution in [0.2, 0.25) is 0 Å². The molecule has 0 radical (unpaired) electrons. The van der Waals surface area contributed by atoms with Gasteiger partial charge in [-0.05, 0) is 19.1 Å². The maximum Gasteiger partial charge on any atom is 0.277 e. The van der Waals surface area contributed by atoms with E-state index in [1.807, 2.05) is 37.3 Å². The van der Waals surface area contributed by atoms with Crippen LogP contribution >= 0.6 is 0 Å². The van der Waals surface area contributed by atoms with Gasteiger partial charge in [-0.3, -0.25) is 10.1 Å². The van der Waals surface area contributed by atoms with E-state index in [1.54, 1.807) is 6.07 Å². The van der Waals surface area contributed by atoms with Crippen molar-refractivity contribution >= 4 is 22.1 Å². The predicted molar refractivity (Wildman–Crippen MR) is 93.7 cm³/mol. The molecule has 0 aliphatic carbocycles. The highest BCUT2D eigenvalue weighted by molar-refractivity contribution is 6.00. The van der Waals surface area contributed by atoms with Gasteiger partial charge in [0.25, 0.3) is 5.69 Å². The molecule has 6 nitrogen and oxygen atoms in total. The minimum Gasteiger partial charge on any atom is -0.390 e. The Morgan fingerprint density at radius 2 is 2.00 bits per heavy atom. The number of aliphatic hydroxyl groups excluding tert-OH is 1. The fourth-order valence-corrected chi connectivity index (χ4v) is 5.21. The van der Waals surface area contributed by atoms with Crippen LogP contribution in [0.25, 0.3) is 10.8 Å². The highest BCUT2D eigenvalue weighted by atomic mass is 16.6. The zero-order chi connectivity index (χ0) is 17.3. The van der Waals surface area contributed by atoms with E-state index >= 15 is 0 Å². The summed E-state index contributed by atoms with van der Waals surface area (Å²) in [5, 5.41) is 23.2. The molecule has 3 aliphatic rings. The lowest BCUT2D eigenvalue weighted by atomic mass is 9.73. The molecular weight excluding hydrogens is 320 g/mol. The Morgan fingerprint density at radius 3 is 2.76 bits per heavy atom. The summed E-state index contributed by atoms with van der Waals surface area (Å²) in [6, 6.07) is 11.0. The van der Waals surface area contributed by atoms with Crippen molar-refractivity contribution < 1.29 is 14.8 Å². The second-order valence-corrected chi connectivity index (χ2v) is 7.67. The molecule has 2 aromatic rings. The first-order chi connectivity index (χ1) is 12.0. The maximum atomic E-state index is 11.3. The molecule has 2 bridgehead atoms. The topological polar surface area (TPSA) is 75.8 Å². The first-order valence-electron chi connectivity index (χ1n) is 8.76. The van der Waals surface area contributed by atoms with Gasteiger partial charge in [-0.1, -0.05) is 18.2 Å². The molecule has 2 aromatic carbocycles. The van der Waals surface area contributed by atoms with Crippen LogP contribution in [-0.2, 0) is 4.74 Å². The Labute approximate surface area is 145 Å². The van der Waals surface area contributed by atoms with E-state index in [-0.39, 0.29) is 16.7 Å². The first kappa shape index (κ1) is 15.1. The van der Waals surface area contributed by atoms with Crippen molar-refractivity contribution in [1.29, 1.82) is 0 Å². The molecule has 3 aliphatic heterocycles. The minimum atomic E-state index is -0.458. The van der Waals surface area contributed by atoms with Gasteiger partial charge in [0.15, 0.2) is 0 Å². The van der Waals surface area contributed by atoms with E-state index < -0.39 is 11.7 Å². The predicted octanol–water partition coefficient (Wildman–Crippen LogP) is 2.72. The Morgan fingerprint density at radius 1 is 1.24 bits per heavy atom. The third kappa shape index (κ3) is 1.92. The molecule has 1 N–H and O–H groups in total. The summed E-state index contributed by atoms with van der Waals surface area (Å²) in [4.78, 5) is 13.3. The van der Waals surface area contributed by atoms with Gasteiger partial charge in [0, 0.05) is 48.5 Å². The summed E-state index contributed by atoms with van der Waals surface area (Å²) in [5.41, 5.74) is 0.721. The number of nitro groups is 1. The highest BCUT2D eigenvalue weighted by Gasteiger charge is 2.64. The Balaban J connectivity index is 1.56. The number of ether oxygens (including phenoxy) is 1. The van der Waals surface area contributed by atoms with Crippen LogP contribution in [0.3, 0.4) is 0 Å². The average molecular weight is 340 g/mol. The molecule has 25 heavy (non-hydrogen) atoms. The van der Waals surface area contributed by atoms with Gasteiger partial charge in [0.2, 0.25) is 0 Å². The number of hydrogen-bond donors (Lipinski definition) is 1. The standard InChI is InChI=1S/C19H20N2O4/c1-19-14-10-20(9-13(14)17(25-19)8-18(19)22)15-6-7-16(21(23)24)12-5-3-2-4-11(12)15/h2-7,13-14,17-18,22H,8-10H2,1H3. The van der Waals surface area contributed by atoms with Gasteiger partial charge < -0.3 is 14.7 Å².